The molecule has 6 rings (SSSR count). The van der Waals surface area contributed by atoms with E-state index in [2.05, 4.69) is 35.8 Å². The number of thiazole rings is 1. The van der Waals surface area contributed by atoms with Crippen LogP contribution in [0, 0.1) is 24.2 Å². The molecular weight excluding hydrogens is 809 g/mol. The summed E-state index contributed by atoms with van der Waals surface area (Å²) in [5, 5.41) is 8.30. The number of benzene rings is 1. The molecule has 3 N–H and O–H groups in total. The number of alkyl carbamates (subject to hydrolysis) is 1. The number of nitrogens with one attached hydrogen (secondary N) is 3. The van der Waals surface area contributed by atoms with Crippen LogP contribution in [-0.2, 0) is 29.1 Å². The highest BCUT2D eigenvalue weighted by molar-refractivity contribution is 7.91. The number of nitrogens with zero attached hydrogens (tertiary/aromatic N) is 3. The number of pyridine rings is 1. The summed E-state index contributed by atoms with van der Waals surface area (Å²) in [4.78, 5) is 67.8. The fourth-order valence-corrected chi connectivity index (χ4v) is 9.91. The monoisotopic (exact) mass is 866 g/mol. The highest BCUT2D eigenvalue weighted by Gasteiger charge is 2.62. The van der Waals surface area contributed by atoms with Gasteiger partial charge in [0.2, 0.25) is 21.8 Å². The van der Waals surface area contributed by atoms with Crippen LogP contribution in [0.4, 0.5) is 4.79 Å². The summed E-state index contributed by atoms with van der Waals surface area (Å²) in [5.41, 5.74) is -0.387. The molecular formula is C43H58N6O9S2. The summed E-state index contributed by atoms with van der Waals surface area (Å²) in [7, 11) is -2.35. The average Bonchev–Trinajstić information content (AvgIpc) is 4.05. The molecule has 1 aromatic carbocycles. The van der Waals surface area contributed by atoms with Crippen LogP contribution in [0.15, 0.2) is 36.2 Å². The van der Waals surface area contributed by atoms with Crippen LogP contribution in [0.2, 0.25) is 0 Å². The molecule has 3 heterocycles. The third kappa shape index (κ3) is 9.11. The number of aryl methyl sites for hydroxylation is 1. The van der Waals surface area contributed by atoms with Crippen molar-refractivity contribution in [1.29, 1.82) is 0 Å². The zero-order valence-corrected chi connectivity index (χ0v) is 37.9. The fourth-order valence-electron chi connectivity index (χ4n) is 7.60. The molecule has 15 nitrogen and oxygen atoms in total. The third-order valence-corrected chi connectivity index (χ3v) is 14.1. The van der Waals surface area contributed by atoms with Gasteiger partial charge in [-0.3, -0.25) is 19.1 Å². The second kappa shape index (κ2) is 16.3. The number of carbonyl (C=O) groups is 4. The van der Waals surface area contributed by atoms with Crippen molar-refractivity contribution in [2.45, 2.75) is 129 Å². The molecule has 0 radical (unpaired) electrons. The number of hydrogen-bond donors (Lipinski definition) is 3. The average molecular weight is 867 g/mol. The number of aromatic nitrogens is 2. The second-order valence-corrected chi connectivity index (χ2v) is 21.4. The zero-order valence-electron chi connectivity index (χ0n) is 36.3. The first-order valence-corrected chi connectivity index (χ1v) is 22.7. The van der Waals surface area contributed by atoms with Gasteiger partial charge in [-0.2, -0.15) is 0 Å². The van der Waals surface area contributed by atoms with Gasteiger partial charge in [0, 0.05) is 34.2 Å². The maximum absolute atomic E-state index is 14.9. The van der Waals surface area contributed by atoms with Crippen molar-refractivity contribution in [2.75, 3.05) is 13.7 Å². The summed E-state index contributed by atoms with van der Waals surface area (Å²) in [6, 6.07) is 3.11. The van der Waals surface area contributed by atoms with Crippen molar-refractivity contribution < 1.29 is 41.8 Å². The van der Waals surface area contributed by atoms with E-state index in [0.717, 1.165) is 11.3 Å². The Bertz CT molecular complexity index is 2310. The van der Waals surface area contributed by atoms with Gasteiger partial charge < -0.3 is 29.7 Å². The van der Waals surface area contributed by atoms with Crippen molar-refractivity contribution in [3.63, 3.8) is 0 Å². The van der Waals surface area contributed by atoms with Crippen LogP contribution < -0.4 is 24.8 Å². The van der Waals surface area contributed by atoms with Gasteiger partial charge in [0.1, 0.15) is 51.5 Å². The Hall–Kier alpha value is -4.77. The van der Waals surface area contributed by atoms with Gasteiger partial charge >= 0.3 is 6.09 Å². The van der Waals surface area contributed by atoms with Gasteiger partial charge in [0.25, 0.3) is 5.91 Å². The topological polar surface area (TPSA) is 195 Å². The van der Waals surface area contributed by atoms with Crippen molar-refractivity contribution in [2.24, 2.45) is 17.3 Å². The van der Waals surface area contributed by atoms with E-state index in [1.165, 1.54) is 22.3 Å². The molecule has 0 bridgehead atoms. The van der Waals surface area contributed by atoms with Crippen molar-refractivity contribution in [1.82, 2.24) is 30.2 Å². The zero-order chi connectivity index (χ0) is 44.3. The molecule has 4 amide bonds. The number of fused-ring (bicyclic) bond motifs is 1. The van der Waals surface area contributed by atoms with E-state index < -0.39 is 85.7 Å². The molecule has 2 aliphatic carbocycles. The van der Waals surface area contributed by atoms with Gasteiger partial charge in [0.05, 0.1) is 30.1 Å². The molecule has 3 aliphatic rings. The Morgan fingerprint density at radius 2 is 1.75 bits per heavy atom. The Morgan fingerprint density at radius 3 is 2.30 bits per heavy atom. The number of methoxy groups -OCH3 is 1. The third-order valence-electron chi connectivity index (χ3n) is 11.3. The normalized spacial score (nSPS) is 23.5. The number of rotatable bonds is 13. The smallest absolute Gasteiger partial charge is 0.408 e. The number of likely N-dealkylation sites (tertiary alicyclic amines) is 1. The number of hydrogen-bond acceptors (Lipinski definition) is 12. The highest BCUT2D eigenvalue weighted by atomic mass is 32.2. The maximum atomic E-state index is 14.9. The number of ether oxygens (including phenoxy) is 3. The van der Waals surface area contributed by atoms with E-state index in [4.69, 9.17) is 24.2 Å². The summed E-state index contributed by atoms with van der Waals surface area (Å²) < 4.78 is 46.0. The Kier molecular flexibility index (Phi) is 12.1. The molecule has 3 fully saturated rings. The minimum absolute atomic E-state index is 0.0795. The molecule has 6 atom stereocenters. The molecule has 2 saturated carbocycles. The predicted molar refractivity (Wildman–Crippen MR) is 229 cm³/mol. The number of amides is 4. The van der Waals surface area contributed by atoms with Gasteiger partial charge in [-0.15, -0.1) is 17.9 Å². The van der Waals surface area contributed by atoms with E-state index in [-0.39, 0.29) is 18.9 Å². The quantitative estimate of drug-likeness (QED) is 0.171. The predicted octanol–water partition coefficient (Wildman–Crippen LogP) is 6.00. The summed E-state index contributed by atoms with van der Waals surface area (Å²) in [6.07, 6.45) is 0.929. The molecule has 6 unspecified atom stereocenters. The van der Waals surface area contributed by atoms with Gasteiger partial charge in [-0.1, -0.05) is 47.6 Å². The lowest BCUT2D eigenvalue weighted by molar-refractivity contribution is -0.143. The minimum atomic E-state index is -3.94. The molecule has 1 aliphatic heterocycles. The lowest BCUT2D eigenvalue weighted by atomic mass is 9.85. The standard InChI is InChI=1S/C43H58N6O9S2/c1-13-25-19-43(25,39(52)48-60(54,55)26-14-15-26)47-36(50)34-24(5)32(20-49(34)38(51)35(41(6,7)8)46-40(53)58-42(9,10)11)57-31-18-28(37-45-29(21-59-37)22(2)3)44-33-23(4)30(56-12)17-16-27(31)33/h13,16-18,21-22,24-26,32,34-35H,1,14-15,19-20H2,2-12H3,(H,46,53)(H,47,50)(H,48,52). The summed E-state index contributed by atoms with van der Waals surface area (Å²) in [5.74, 6) is -2.06. The van der Waals surface area contributed by atoms with Crippen LogP contribution in [0.5, 0.6) is 11.5 Å². The van der Waals surface area contributed by atoms with Gasteiger partial charge in [-0.25, -0.2) is 23.2 Å². The van der Waals surface area contributed by atoms with E-state index in [9.17, 15) is 27.6 Å². The van der Waals surface area contributed by atoms with Crippen LogP contribution in [0.3, 0.4) is 0 Å². The molecule has 2 aromatic heterocycles. The van der Waals surface area contributed by atoms with Crippen LogP contribution in [0.1, 0.15) is 98.8 Å². The first kappa shape index (κ1) is 44.8. The van der Waals surface area contributed by atoms with Crippen LogP contribution in [-0.4, -0.2) is 95.3 Å². The van der Waals surface area contributed by atoms with E-state index in [0.29, 0.717) is 45.9 Å². The van der Waals surface area contributed by atoms with Crippen LogP contribution in [0.25, 0.3) is 21.6 Å². The number of sulfonamides is 1. The molecule has 3 aromatic rings. The Balaban J connectivity index is 1.40. The summed E-state index contributed by atoms with van der Waals surface area (Å²) >= 11 is 1.46. The SMILES string of the molecule is C=CC1CC1(NC(=O)C1C(C)C(Oc2cc(-c3nc(C(C)C)cs3)nc3c(C)c(OC)ccc23)CN1C(=O)C(NC(=O)OC(C)(C)C)C(C)(C)C)C(=O)NS(=O)(=O)C1CC1. The van der Waals surface area contributed by atoms with Crippen molar-refractivity contribution >= 4 is 56.1 Å². The van der Waals surface area contributed by atoms with Gasteiger partial charge in [0.15, 0.2) is 0 Å². The minimum Gasteiger partial charge on any atom is -0.496 e. The van der Waals surface area contributed by atoms with Crippen molar-refractivity contribution in [3.8, 4) is 22.2 Å². The van der Waals surface area contributed by atoms with E-state index in [1.54, 1.807) is 55.6 Å². The second-order valence-electron chi connectivity index (χ2n) is 18.6. The van der Waals surface area contributed by atoms with E-state index in [1.807, 2.05) is 30.5 Å². The number of carbonyl (C=O) groups excluding carboxylic acids is 4. The van der Waals surface area contributed by atoms with Gasteiger partial charge in [-0.05, 0) is 70.4 Å². The van der Waals surface area contributed by atoms with Crippen molar-refractivity contribution in [3.05, 3.63) is 47.5 Å². The maximum Gasteiger partial charge on any atom is 0.408 e. The molecule has 60 heavy (non-hydrogen) atoms. The largest absolute Gasteiger partial charge is 0.496 e. The molecule has 326 valence electrons. The fraction of sp³-hybridized carbons (Fsp3) is 0.581. The van der Waals surface area contributed by atoms with E-state index >= 15 is 0 Å². The van der Waals surface area contributed by atoms with Crippen LogP contribution >= 0.6 is 11.3 Å². The lowest BCUT2D eigenvalue weighted by Crippen LogP contribution is -2.61. The molecule has 17 heteroatoms. The highest BCUT2D eigenvalue weighted by Crippen LogP contribution is 2.46. The Morgan fingerprint density at radius 1 is 1.07 bits per heavy atom. The lowest BCUT2D eigenvalue weighted by Gasteiger charge is -2.36. The first-order chi connectivity index (χ1) is 27.9. The Labute approximate surface area is 356 Å². The molecule has 0 spiro atoms. The first-order valence-electron chi connectivity index (χ1n) is 20.3. The molecule has 1 saturated heterocycles. The summed E-state index contributed by atoms with van der Waals surface area (Å²) in [6.45, 7) is 22.1.